The number of hydrogen-bond donors (Lipinski definition) is 4. The minimum absolute atomic E-state index is 0.0861. The molecule has 0 heterocycles. The first-order valence-corrected chi connectivity index (χ1v) is 17.4. The highest BCUT2D eigenvalue weighted by Crippen LogP contribution is 2.65. The number of hydrogen-bond acceptors (Lipinski definition) is 4. The maximum absolute atomic E-state index is 13.9. The summed E-state index contributed by atoms with van der Waals surface area (Å²) in [5.41, 5.74) is 2.42. The summed E-state index contributed by atoms with van der Waals surface area (Å²) >= 11 is 0. The van der Waals surface area contributed by atoms with E-state index in [1.54, 1.807) is 12.1 Å². The molecule has 1 unspecified atom stereocenters. The quantitative estimate of drug-likeness (QED) is 0.0772. The summed E-state index contributed by atoms with van der Waals surface area (Å²) in [4.78, 5) is 11.5. The monoisotopic (exact) mass is 730 g/mol. The van der Waals surface area contributed by atoms with Crippen molar-refractivity contribution in [1.82, 2.24) is 0 Å². The third-order valence-electron chi connectivity index (χ3n) is 12.0. The summed E-state index contributed by atoms with van der Waals surface area (Å²) in [7, 11) is 0. The van der Waals surface area contributed by atoms with Gasteiger partial charge in [-0.2, -0.15) is 39.5 Å². The van der Waals surface area contributed by atoms with Crippen LogP contribution in [0.4, 0.5) is 39.5 Å². The number of carbonyl (C=O) groups is 1. The van der Waals surface area contributed by atoms with Crippen LogP contribution in [0.3, 0.4) is 0 Å². The molecule has 14 heteroatoms. The summed E-state index contributed by atoms with van der Waals surface area (Å²) in [6.07, 6.45) is -4.26. The van der Waals surface area contributed by atoms with Gasteiger partial charge in [0, 0.05) is 6.42 Å². The molecule has 50 heavy (non-hydrogen) atoms. The molecule has 0 saturated heterocycles. The first kappa shape index (κ1) is 40.3. The van der Waals surface area contributed by atoms with Gasteiger partial charge in [-0.1, -0.05) is 64.5 Å². The number of carboxylic acids is 1. The van der Waals surface area contributed by atoms with Crippen molar-refractivity contribution in [2.45, 2.75) is 139 Å². The molecule has 8 atom stereocenters. The zero-order chi connectivity index (χ0) is 37.4. The zero-order valence-electron chi connectivity index (χ0n) is 28.0. The van der Waals surface area contributed by atoms with E-state index in [4.69, 9.17) is 0 Å². The smallest absolute Gasteiger partial charge is 0.460 e. The van der Waals surface area contributed by atoms with Crippen LogP contribution in [0.25, 0.3) is 0 Å². The fourth-order valence-electron chi connectivity index (χ4n) is 8.99. The predicted octanol–water partition coefficient (Wildman–Crippen LogP) is 9.95. The topological polar surface area (TPSA) is 98.0 Å². The summed E-state index contributed by atoms with van der Waals surface area (Å²) < 4.78 is 118. The molecule has 2 saturated carbocycles. The first-order chi connectivity index (χ1) is 23.1. The van der Waals surface area contributed by atoms with Gasteiger partial charge in [-0.25, -0.2) is 0 Å². The molecule has 284 valence electrons. The van der Waals surface area contributed by atoms with Crippen LogP contribution in [0.15, 0.2) is 30.4 Å². The largest absolute Gasteiger partial charge is 0.508 e. The van der Waals surface area contributed by atoms with Crippen molar-refractivity contribution in [2.75, 3.05) is 0 Å². The Morgan fingerprint density at radius 2 is 1.50 bits per heavy atom. The van der Waals surface area contributed by atoms with Crippen LogP contribution in [-0.2, 0) is 4.79 Å². The van der Waals surface area contributed by atoms with Crippen LogP contribution in [-0.4, -0.2) is 56.4 Å². The van der Waals surface area contributed by atoms with Crippen molar-refractivity contribution < 1.29 is 64.7 Å². The van der Waals surface area contributed by atoms with E-state index in [9.17, 15) is 64.7 Å². The number of aliphatic hydroxyl groups is 2. The van der Waals surface area contributed by atoms with Crippen molar-refractivity contribution in [1.29, 1.82) is 0 Å². The van der Waals surface area contributed by atoms with E-state index in [-0.39, 0.29) is 47.7 Å². The standard InChI is InChI=1S/C36H47F9O5/c1-20-28(47)19-27-29-24(15-16-32(20,27)2)23-13-12-22(46)18-26(23)30(48)25(29)11-9-7-5-3-4-6-8-10-21(31(49)50)14-17-33(37,38)34(39,40)35(41,42)36(43,44)45/h12-13,18,21,24-25,27-30,46-48H,1,3-11,14-17,19H2,2H3,(H,49,50)/t21?,24-,25+,27+,28-,29+,30-,32-/m1/s1. The molecule has 0 radical (unpaired) electrons. The number of halogens is 9. The summed E-state index contributed by atoms with van der Waals surface area (Å²) in [5, 5.41) is 41.8. The molecule has 0 aromatic heterocycles. The Balaban J connectivity index is 1.24. The summed E-state index contributed by atoms with van der Waals surface area (Å²) in [6.45, 7) is 6.38. The van der Waals surface area contributed by atoms with Gasteiger partial charge in [0.1, 0.15) is 5.75 Å². The lowest BCUT2D eigenvalue weighted by molar-refractivity contribution is -0.396. The number of fused-ring (bicyclic) bond motifs is 5. The molecule has 1 aromatic carbocycles. The molecule has 0 spiro atoms. The van der Waals surface area contributed by atoms with Crippen LogP contribution < -0.4 is 0 Å². The fourth-order valence-corrected chi connectivity index (χ4v) is 8.99. The number of aromatic hydroxyl groups is 1. The number of alkyl halides is 9. The predicted molar refractivity (Wildman–Crippen MR) is 166 cm³/mol. The lowest BCUT2D eigenvalue weighted by Crippen LogP contribution is -2.60. The molecule has 3 aliphatic rings. The number of aliphatic carboxylic acids is 1. The lowest BCUT2D eigenvalue weighted by Gasteiger charge is -2.53. The molecular formula is C36H47F9O5. The molecule has 1 aromatic rings. The van der Waals surface area contributed by atoms with Crippen molar-refractivity contribution >= 4 is 5.97 Å². The molecule has 4 N–H and O–H groups in total. The Morgan fingerprint density at radius 1 is 0.900 bits per heavy atom. The van der Waals surface area contributed by atoms with Gasteiger partial charge < -0.3 is 20.4 Å². The Bertz CT molecular complexity index is 1370. The zero-order valence-corrected chi connectivity index (χ0v) is 28.0. The Kier molecular flexibility index (Phi) is 12.0. The van der Waals surface area contributed by atoms with Crippen LogP contribution in [0, 0.1) is 29.1 Å². The molecule has 5 nitrogen and oxygen atoms in total. The molecule has 0 amide bonds. The van der Waals surface area contributed by atoms with E-state index >= 15 is 0 Å². The van der Waals surface area contributed by atoms with Gasteiger partial charge >= 0.3 is 29.9 Å². The number of phenols is 1. The van der Waals surface area contributed by atoms with Gasteiger partial charge in [0.05, 0.1) is 18.1 Å². The number of unbranched alkanes of at least 4 members (excludes halogenated alkanes) is 6. The second-order valence-corrected chi connectivity index (χ2v) is 14.9. The molecule has 4 rings (SSSR count). The van der Waals surface area contributed by atoms with Crippen molar-refractivity contribution in [3.8, 4) is 5.75 Å². The Morgan fingerprint density at radius 3 is 2.10 bits per heavy atom. The third-order valence-corrected chi connectivity index (χ3v) is 12.0. The SMILES string of the molecule is C=C1[C@H](O)C[C@H]2[C@@H]3[C@H](CCCCCCCCCC(CCC(F)(F)C(F)(F)C(F)(F)C(F)(F)F)C(=O)O)[C@@H](O)c4cc(O)ccc4[C@H]3CC[C@]12C. The number of phenolic OH excluding ortho intramolecular Hbond substituents is 1. The van der Waals surface area contributed by atoms with Crippen LogP contribution in [0.1, 0.15) is 120 Å². The van der Waals surface area contributed by atoms with E-state index in [1.807, 2.05) is 6.07 Å². The van der Waals surface area contributed by atoms with Crippen LogP contribution in [0.5, 0.6) is 5.75 Å². The third kappa shape index (κ3) is 7.52. The highest BCUT2D eigenvalue weighted by atomic mass is 19.4. The summed E-state index contributed by atoms with van der Waals surface area (Å²) in [5.74, 6) is -22.3. The van der Waals surface area contributed by atoms with E-state index in [1.165, 1.54) is 0 Å². The highest BCUT2D eigenvalue weighted by Gasteiger charge is 2.81. The highest BCUT2D eigenvalue weighted by molar-refractivity contribution is 5.69. The van der Waals surface area contributed by atoms with E-state index < -0.39 is 60.9 Å². The van der Waals surface area contributed by atoms with Gasteiger partial charge in [0.2, 0.25) is 0 Å². The number of carboxylic acid groups (broad SMARTS) is 1. The molecule has 2 fully saturated rings. The minimum Gasteiger partial charge on any atom is -0.508 e. The summed E-state index contributed by atoms with van der Waals surface area (Å²) in [6, 6.07) is 5.19. The average Bonchev–Trinajstić information content (AvgIpc) is 3.25. The Hall–Kier alpha value is -2.48. The molecular weight excluding hydrogens is 683 g/mol. The lowest BCUT2D eigenvalue weighted by atomic mass is 9.51. The van der Waals surface area contributed by atoms with E-state index in [0.717, 1.165) is 61.6 Å². The van der Waals surface area contributed by atoms with E-state index in [0.29, 0.717) is 19.3 Å². The minimum atomic E-state index is -7.00. The van der Waals surface area contributed by atoms with Crippen molar-refractivity contribution in [3.63, 3.8) is 0 Å². The number of benzene rings is 1. The fraction of sp³-hybridized carbons (Fsp3) is 0.750. The second kappa shape index (κ2) is 14.9. The Labute approximate surface area is 286 Å². The maximum atomic E-state index is 13.9. The van der Waals surface area contributed by atoms with Gasteiger partial charge in [0.15, 0.2) is 0 Å². The number of rotatable bonds is 16. The van der Waals surface area contributed by atoms with Gasteiger partial charge in [0.25, 0.3) is 0 Å². The molecule has 3 aliphatic carbocycles. The van der Waals surface area contributed by atoms with Crippen LogP contribution >= 0.6 is 0 Å². The average molecular weight is 731 g/mol. The molecule has 0 bridgehead atoms. The number of aliphatic hydroxyl groups excluding tert-OH is 2. The normalized spacial score (nSPS) is 29.3. The van der Waals surface area contributed by atoms with Gasteiger partial charge in [-0.15, -0.1) is 0 Å². The second-order valence-electron chi connectivity index (χ2n) is 14.9. The van der Waals surface area contributed by atoms with Gasteiger partial charge in [-0.05, 0) is 96.4 Å². The van der Waals surface area contributed by atoms with Gasteiger partial charge in [-0.3, -0.25) is 4.79 Å². The van der Waals surface area contributed by atoms with Crippen molar-refractivity contribution in [2.24, 2.45) is 29.1 Å². The van der Waals surface area contributed by atoms with Crippen molar-refractivity contribution in [3.05, 3.63) is 41.5 Å². The van der Waals surface area contributed by atoms with E-state index in [2.05, 4.69) is 13.5 Å². The first-order valence-electron chi connectivity index (χ1n) is 17.4. The van der Waals surface area contributed by atoms with Crippen LogP contribution in [0.2, 0.25) is 0 Å². The maximum Gasteiger partial charge on any atom is 0.460 e. The molecule has 0 aliphatic heterocycles.